The molecule has 6 heteroatoms. The molecule has 3 heterocycles. The summed E-state index contributed by atoms with van der Waals surface area (Å²) >= 11 is 0. The number of ether oxygens (including phenoxy) is 1. The highest BCUT2D eigenvalue weighted by atomic mass is 16.5. The Balaban J connectivity index is 1.46. The molecule has 0 radical (unpaired) electrons. The third-order valence-electron chi connectivity index (χ3n) is 5.92. The van der Waals surface area contributed by atoms with E-state index in [0.717, 1.165) is 63.1 Å². The molecule has 1 aromatic heterocycles. The minimum absolute atomic E-state index is 0.0817. The van der Waals surface area contributed by atoms with E-state index >= 15 is 0 Å². The zero-order chi connectivity index (χ0) is 20.1. The van der Waals surface area contributed by atoms with Crippen molar-refractivity contribution in [3.8, 4) is 0 Å². The van der Waals surface area contributed by atoms with E-state index in [9.17, 15) is 9.59 Å². The van der Waals surface area contributed by atoms with Gasteiger partial charge in [0.1, 0.15) is 5.69 Å². The van der Waals surface area contributed by atoms with Crippen LogP contribution >= 0.6 is 0 Å². The minimum atomic E-state index is -0.108. The molecule has 0 unspecified atom stereocenters. The summed E-state index contributed by atoms with van der Waals surface area (Å²) < 4.78 is 7.43. The Hall–Kier alpha value is -2.60. The number of hydrogen-bond acceptors (Lipinski definition) is 3. The number of carbonyl (C=O) groups excluding carboxylic acids is 2. The summed E-state index contributed by atoms with van der Waals surface area (Å²) in [6.07, 6.45) is 4.89. The van der Waals surface area contributed by atoms with Gasteiger partial charge in [-0.1, -0.05) is 30.3 Å². The Morgan fingerprint density at radius 1 is 1.03 bits per heavy atom. The van der Waals surface area contributed by atoms with Crippen molar-refractivity contribution in [2.45, 2.75) is 45.2 Å². The zero-order valence-corrected chi connectivity index (χ0v) is 16.8. The Bertz CT molecular complexity index is 854. The lowest BCUT2D eigenvalue weighted by atomic mass is 10.0. The summed E-state index contributed by atoms with van der Waals surface area (Å²) in [5.74, 6) is 0.280. The Morgan fingerprint density at radius 3 is 2.62 bits per heavy atom. The van der Waals surface area contributed by atoms with Crippen molar-refractivity contribution in [1.29, 1.82) is 0 Å². The van der Waals surface area contributed by atoms with Gasteiger partial charge in [-0.05, 0) is 49.7 Å². The number of carbonyl (C=O) groups is 2. The summed E-state index contributed by atoms with van der Waals surface area (Å²) in [6, 6.07) is 11.6. The molecule has 0 bridgehead atoms. The molecule has 6 nitrogen and oxygen atoms in total. The van der Waals surface area contributed by atoms with Crippen molar-refractivity contribution in [3.05, 3.63) is 58.9 Å². The molecule has 29 heavy (non-hydrogen) atoms. The van der Waals surface area contributed by atoms with Gasteiger partial charge in [0.2, 0.25) is 0 Å². The number of fused-ring (bicyclic) bond motifs is 1. The first-order valence-electron chi connectivity index (χ1n) is 10.6. The van der Waals surface area contributed by atoms with Crippen LogP contribution in [0.25, 0.3) is 0 Å². The molecule has 2 aliphatic rings. The van der Waals surface area contributed by atoms with Crippen molar-refractivity contribution in [2.75, 3.05) is 19.8 Å². The average molecular weight is 396 g/mol. The molecule has 0 atom stereocenters. The molecule has 1 saturated heterocycles. The van der Waals surface area contributed by atoms with Crippen LogP contribution in [0.1, 0.15) is 57.8 Å². The molecule has 2 amide bonds. The molecule has 0 aliphatic carbocycles. The minimum Gasteiger partial charge on any atom is -0.381 e. The normalized spacial score (nSPS) is 16.8. The maximum Gasteiger partial charge on any atom is 0.267 e. The average Bonchev–Trinajstić information content (AvgIpc) is 3.17. The Labute approximate surface area is 171 Å². The second-order valence-corrected chi connectivity index (χ2v) is 7.93. The highest BCUT2D eigenvalue weighted by Crippen LogP contribution is 2.24. The fraction of sp³-hybridized carbons (Fsp3) is 0.478. The van der Waals surface area contributed by atoms with E-state index in [-0.39, 0.29) is 11.8 Å². The first kappa shape index (κ1) is 19.7. The first-order valence-corrected chi connectivity index (χ1v) is 10.6. The monoisotopic (exact) mass is 395 g/mol. The molecule has 2 aromatic rings. The van der Waals surface area contributed by atoms with Gasteiger partial charge in [0.25, 0.3) is 11.8 Å². The van der Waals surface area contributed by atoms with Gasteiger partial charge in [0, 0.05) is 38.5 Å². The van der Waals surface area contributed by atoms with E-state index in [2.05, 4.69) is 10.6 Å². The van der Waals surface area contributed by atoms with Crippen LogP contribution in [0.4, 0.5) is 0 Å². The number of benzene rings is 1. The molecular formula is C23H29N3O3. The number of aromatic nitrogens is 1. The van der Waals surface area contributed by atoms with Gasteiger partial charge in [0.15, 0.2) is 0 Å². The quantitative estimate of drug-likeness (QED) is 0.790. The summed E-state index contributed by atoms with van der Waals surface area (Å²) in [7, 11) is 0. The predicted molar refractivity (Wildman–Crippen MR) is 111 cm³/mol. The molecule has 2 N–H and O–H groups in total. The molecule has 1 aromatic carbocycles. The lowest BCUT2D eigenvalue weighted by molar-refractivity contribution is 0.0641. The van der Waals surface area contributed by atoms with E-state index in [1.54, 1.807) is 6.07 Å². The van der Waals surface area contributed by atoms with E-state index in [1.807, 2.05) is 34.9 Å². The lowest BCUT2D eigenvalue weighted by Crippen LogP contribution is -2.33. The molecule has 2 aliphatic heterocycles. The smallest absolute Gasteiger partial charge is 0.267 e. The van der Waals surface area contributed by atoms with Crippen molar-refractivity contribution in [2.24, 2.45) is 5.92 Å². The third-order valence-corrected chi connectivity index (χ3v) is 5.92. The van der Waals surface area contributed by atoms with Crippen molar-refractivity contribution >= 4 is 11.8 Å². The van der Waals surface area contributed by atoms with Crippen molar-refractivity contribution < 1.29 is 14.3 Å². The summed E-state index contributed by atoms with van der Waals surface area (Å²) in [5.41, 5.74) is 3.29. The van der Waals surface area contributed by atoms with E-state index in [1.165, 1.54) is 0 Å². The maximum absolute atomic E-state index is 12.9. The SMILES string of the molecule is O=C(NCc1ccccc1)c1cc(C(=O)NCC2CCOCC2)n2c1CCCC2. The fourth-order valence-corrected chi connectivity index (χ4v) is 4.21. The summed E-state index contributed by atoms with van der Waals surface area (Å²) in [5, 5.41) is 6.09. The van der Waals surface area contributed by atoms with Gasteiger partial charge in [-0.3, -0.25) is 9.59 Å². The highest BCUT2D eigenvalue weighted by Gasteiger charge is 2.26. The van der Waals surface area contributed by atoms with Crippen molar-refractivity contribution in [3.63, 3.8) is 0 Å². The molecule has 0 saturated carbocycles. The largest absolute Gasteiger partial charge is 0.381 e. The fourth-order valence-electron chi connectivity index (χ4n) is 4.21. The summed E-state index contributed by atoms with van der Waals surface area (Å²) in [4.78, 5) is 25.7. The molecule has 154 valence electrons. The maximum atomic E-state index is 12.9. The van der Waals surface area contributed by atoms with Gasteiger partial charge in [-0.15, -0.1) is 0 Å². The number of hydrogen-bond donors (Lipinski definition) is 2. The van der Waals surface area contributed by atoms with E-state index < -0.39 is 0 Å². The van der Waals surface area contributed by atoms with Crippen LogP contribution in [0.5, 0.6) is 0 Å². The Morgan fingerprint density at radius 2 is 1.83 bits per heavy atom. The van der Waals surface area contributed by atoms with E-state index in [0.29, 0.717) is 30.3 Å². The Kier molecular flexibility index (Phi) is 6.30. The van der Waals surface area contributed by atoms with Gasteiger partial charge in [-0.2, -0.15) is 0 Å². The van der Waals surface area contributed by atoms with Gasteiger partial charge in [-0.25, -0.2) is 0 Å². The van der Waals surface area contributed by atoms with Crippen molar-refractivity contribution in [1.82, 2.24) is 15.2 Å². The van der Waals surface area contributed by atoms with Crippen LogP contribution in [-0.2, 0) is 24.2 Å². The molecule has 4 rings (SSSR count). The number of rotatable bonds is 6. The van der Waals surface area contributed by atoms with Crippen LogP contribution in [0.3, 0.4) is 0 Å². The second-order valence-electron chi connectivity index (χ2n) is 7.93. The molecule has 1 fully saturated rings. The lowest BCUT2D eigenvalue weighted by Gasteiger charge is -2.23. The first-order chi connectivity index (χ1) is 14.2. The van der Waals surface area contributed by atoms with Crippen LogP contribution in [0, 0.1) is 5.92 Å². The van der Waals surface area contributed by atoms with Gasteiger partial charge < -0.3 is 19.9 Å². The van der Waals surface area contributed by atoms with Gasteiger partial charge in [0.05, 0.1) is 5.56 Å². The number of amides is 2. The summed E-state index contributed by atoms with van der Waals surface area (Å²) in [6.45, 7) is 3.48. The standard InChI is InChI=1S/C23H29N3O3/c27-22(24-15-17-6-2-1-3-7-17)19-14-21(26-11-5-4-8-20(19)26)23(28)25-16-18-9-12-29-13-10-18/h1-3,6-7,14,18H,4-5,8-13,15-16H2,(H,24,27)(H,25,28). The van der Waals surface area contributed by atoms with Crippen LogP contribution in [0.15, 0.2) is 36.4 Å². The van der Waals surface area contributed by atoms with Crippen LogP contribution in [0.2, 0.25) is 0 Å². The highest BCUT2D eigenvalue weighted by molar-refractivity contribution is 6.00. The van der Waals surface area contributed by atoms with Crippen LogP contribution < -0.4 is 10.6 Å². The third kappa shape index (κ3) is 4.70. The zero-order valence-electron chi connectivity index (χ0n) is 16.8. The topological polar surface area (TPSA) is 72.4 Å². The van der Waals surface area contributed by atoms with Gasteiger partial charge >= 0.3 is 0 Å². The van der Waals surface area contributed by atoms with Crippen LogP contribution in [-0.4, -0.2) is 36.1 Å². The number of nitrogens with one attached hydrogen (secondary N) is 2. The van der Waals surface area contributed by atoms with E-state index in [4.69, 9.17) is 4.74 Å². The number of nitrogens with zero attached hydrogens (tertiary/aromatic N) is 1. The second kappa shape index (κ2) is 9.27. The molecule has 0 spiro atoms. The predicted octanol–water partition coefficient (Wildman–Crippen LogP) is 2.91. The molecular weight excluding hydrogens is 366 g/mol.